The van der Waals surface area contributed by atoms with Gasteiger partial charge >= 0.3 is 0 Å². The van der Waals surface area contributed by atoms with Crippen molar-refractivity contribution < 1.29 is 4.79 Å². The number of aromatic nitrogens is 1. The molecule has 1 amide bonds. The van der Waals surface area contributed by atoms with E-state index in [-0.39, 0.29) is 5.91 Å². The summed E-state index contributed by atoms with van der Waals surface area (Å²) in [5, 5.41) is 3.76. The summed E-state index contributed by atoms with van der Waals surface area (Å²) in [5.74, 6) is -0.115. The number of nitrogens with zero attached hydrogens (tertiary/aromatic N) is 1. The molecule has 2 aromatic carbocycles. The van der Waals surface area contributed by atoms with Crippen LogP contribution in [0.5, 0.6) is 0 Å². The Morgan fingerprint density at radius 2 is 1.95 bits per heavy atom. The second kappa shape index (κ2) is 5.63. The predicted octanol–water partition coefficient (Wildman–Crippen LogP) is 2.75. The Morgan fingerprint density at radius 1 is 1.10 bits per heavy atom. The SMILES string of the molecule is Nc1cccc(CNC(=O)c2cccc3ncccc23)c1. The third-order valence-corrected chi connectivity index (χ3v) is 3.29. The number of carbonyl (C=O) groups excluding carboxylic acids is 1. The van der Waals surface area contributed by atoms with Crippen molar-refractivity contribution in [3.8, 4) is 0 Å². The van der Waals surface area contributed by atoms with Crippen LogP contribution in [0.4, 0.5) is 5.69 Å². The lowest BCUT2D eigenvalue weighted by Crippen LogP contribution is -2.23. The molecule has 3 aromatic rings. The Balaban J connectivity index is 1.81. The van der Waals surface area contributed by atoms with Crippen molar-refractivity contribution in [1.82, 2.24) is 10.3 Å². The quantitative estimate of drug-likeness (QED) is 0.723. The van der Waals surface area contributed by atoms with Gasteiger partial charge in [0.25, 0.3) is 5.91 Å². The molecule has 4 heteroatoms. The first-order valence-corrected chi connectivity index (χ1v) is 6.70. The van der Waals surface area contributed by atoms with Crippen LogP contribution in [0.3, 0.4) is 0 Å². The highest BCUT2D eigenvalue weighted by atomic mass is 16.1. The molecule has 0 aliphatic heterocycles. The molecule has 0 bridgehead atoms. The highest BCUT2D eigenvalue weighted by Gasteiger charge is 2.09. The number of fused-ring (bicyclic) bond motifs is 1. The lowest BCUT2D eigenvalue weighted by atomic mass is 10.1. The largest absolute Gasteiger partial charge is 0.399 e. The summed E-state index contributed by atoms with van der Waals surface area (Å²) in [4.78, 5) is 16.6. The molecule has 4 nitrogen and oxygen atoms in total. The predicted molar refractivity (Wildman–Crippen MR) is 83.8 cm³/mol. The van der Waals surface area contributed by atoms with E-state index in [0.717, 1.165) is 16.5 Å². The topological polar surface area (TPSA) is 68.0 Å². The minimum absolute atomic E-state index is 0.115. The third-order valence-electron chi connectivity index (χ3n) is 3.29. The van der Waals surface area contributed by atoms with Gasteiger partial charge in [-0.3, -0.25) is 9.78 Å². The molecule has 3 N–H and O–H groups in total. The lowest BCUT2D eigenvalue weighted by Gasteiger charge is -2.08. The van der Waals surface area contributed by atoms with Crippen LogP contribution in [-0.4, -0.2) is 10.9 Å². The number of nitrogen functional groups attached to an aromatic ring is 1. The van der Waals surface area contributed by atoms with Crippen molar-refractivity contribution in [1.29, 1.82) is 0 Å². The number of anilines is 1. The fourth-order valence-corrected chi connectivity index (χ4v) is 2.28. The van der Waals surface area contributed by atoms with E-state index in [1.807, 2.05) is 48.5 Å². The molecular weight excluding hydrogens is 262 g/mol. The van der Waals surface area contributed by atoms with Crippen molar-refractivity contribution in [2.45, 2.75) is 6.54 Å². The van der Waals surface area contributed by atoms with Gasteiger partial charge in [0.15, 0.2) is 0 Å². The van der Waals surface area contributed by atoms with E-state index in [1.165, 1.54) is 0 Å². The van der Waals surface area contributed by atoms with Crippen LogP contribution >= 0.6 is 0 Å². The molecule has 1 aromatic heterocycles. The Bertz CT molecular complexity index is 793. The van der Waals surface area contributed by atoms with Crippen LogP contribution in [0.1, 0.15) is 15.9 Å². The van der Waals surface area contributed by atoms with E-state index in [1.54, 1.807) is 12.3 Å². The second-order valence-electron chi connectivity index (χ2n) is 4.80. The van der Waals surface area contributed by atoms with Crippen molar-refractivity contribution in [3.05, 3.63) is 71.9 Å². The molecule has 0 aliphatic carbocycles. The minimum atomic E-state index is -0.115. The number of nitrogens with one attached hydrogen (secondary N) is 1. The molecule has 0 radical (unpaired) electrons. The molecule has 104 valence electrons. The van der Waals surface area contributed by atoms with E-state index >= 15 is 0 Å². The van der Waals surface area contributed by atoms with Crippen LogP contribution in [0.25, 0.3) is 10.9 Å². The number of nitrogens with two attached hydrogens (primary N) is 1. The second-order valence-corrected chi connectivity index (χ2v) is 4.80. The van der Waals surface area contributed by atoms with E-state index in [0.29, 0.717) is 17.8 Å². The molecule has 0 saturated heterocycles. The Hall–Kier alpha value is -2.88. The number of pyridine rings is 1. The zero-order valence-electron chi connectivity index (χ0n) is 11.4. The Labute approximate surface area is 122 Å². The van der Waals surface area contributed by atoms with Gasteiger partial charge in [-0.1, -0.05) is 24.3 Å². The number of rotatable bonds is 3. The molecule has 0 unspecified atom stereocenters. The van der Waals surface area contributed by atoms with Crippen molar-refractivity contribution in [2.75, 3.05) is 5.73 Å². The fourth-order valence-electron chi connectivity index (χ4n) is 2.28. The van der Waals surface area contributed by atoms with Crippen LogP contribution in [0.15, 0.2) is 60.8 Å². The van der Waals surface area contributed by atoms with Gasteiger partial charge in [-0.15, -0.1) is 0 Å². The summed E-state index contributed by atoms with van der Waals surface area (Å²) in [6.45, 7) is 0.445. The Morgan fingerprint density at radius 3 is 2.81 bits per heavy atom. The van der Waals surface area contributed by atoms with E-state index < -0.39 is 0 Å². The number of hydrogen-bond acceptors (Lipinski definition) is 3. The fraction of sp³-hybridized carbons (Fsp3) is 0.0588. The summed E-state index contributed by atoms with van der Waals surface area (Å²) in [6, 6.07) is 16.7. The van der Waals surface area contributed by atoms with E-state index in [9.17, 15) is 4.79 Å². The molecular formula is C17H15N3O. The number of carbonyl (C=O) groups is 1. The minimum Gasteiger partial charge on any atom is -0.399 e. The molecule has 0 aliphatic rings. The van der Waals surface area contributed by atoms with Gasteiger partial charge < -0.3 is 11.1 Å². The average Bonchev–Trinajstić information content (AvgIpc) is 2.52. The zero-order valence-corrected chi connectivity index (χ0v) is 11.4. The van der Waals surface area contributed by atoms with Crippen molar-refractivity contribution in [3.63, 3.8) is 0 Å². The summed E-state index contributed by atoms with van der Waals surface area (Å²) in [5.41, 5.74) is 8.84. The van der Waals surface area contributed by atoms with E-state index in [2.05, 4.69) is 10.3 Å². The molecule has 0 fully saturated rings. The van der Waals surface area contributed by atoms with Crippen LogP contribution < -0.4 is 11.1 Å². The number of benzene rings is 2. The standard InChI is InChI=1S/C17H15N3O/c18-13-5-1-4-12(10-13)11-20-17(21)15-6-2-8-16-14(15)7-3-9-19-16/h1-10H,11,18H2,(H,20,21). The smallest absolute Gasteiger partial charge is 0.252 e. The molecule has 3 rings (SSSR count). The van der Waals surface area contributed by atoms with E-state index in [4.69, 9.17) is 5.73 Å². The van der Waals surface area contributed by atoms with Crippen molar-refractivity contribution in [2.24, 2.45) is 0 Å². The average molecular weight is 277 g/mol. The lowest BCUT2D eigenvalue weighted by molar-refractivity contribution is 0.0952. The maximum Gasteiger partial charge on any atom is 0.252 e. The molecule has 0 saturated carbocycles. The van der Waals surface area contributed by atoms with Gasteiger partial charge in [0.2, 0.25) is 0 Å². The molecule has 0 spiro atoms. The normalized spacial score (nSPS) is 10.5. The summed E-state index contributed by atoms with van der Waals surface area (Å²) >= 11 is 0. The first-order chi connectivity index (χ1) is 10.2. The monoisotopic (exact) mass is 277 g/mol. The van der Waals surface area contributed by atoms with Gasteiger partial charge in [0.1, 0.15) is 0 Å². The summed E-state index contributed by atoms with van der Waals surface area (Å²) in [7, 11) is 0. The summed E-state index contributed by atoms with van der Waals surface area (Å²) in [6.07, 6.45) is 1.72. The first kappa shape index (κ1) is 13.1. The van der Waals surface area contributed by atoms with Gasteiger partial charge in [-0.05, 0) is 35.9 Å². The highest BCUT2D eigenvalue weighted by Crippen LogP contribution is 2.16. The molecule has 21 heavy (non-hydrogen) atoms. The number of amides is 1. The van der Waals surface area contributed by atoms with Gasteiger partial charge in [0, 0.05) is 29.4 Å². The van der Waals surface area contributed by atoms with Crippen LogP contribution in [0, 0.1) is 0 Å². The van der Waals surface area contributed by atoms with Gasteiger partial charge in [-0.25, -0.2) is 0 Å². The van der Waals surface area contributed by atoms with Gasteiger partial charge in [0.05, 0.1) is 5.52 Å². The molecule has 1 heterocycles. The van der Waals surface area contributed by atoms with Crippen LogP contribution in [-0.2, 0) is 6.54 Å². The zero-order chi connectivity index (χ0) is 14.7. The van der Waals surface area contributed by atoms with Crippen molar-refractivity contribution >= 4 is 22.5 Å². The first-order valence-electron chi connectivity index (χ1n) is 6.70. The maximum absolute atomic E-state index is 12.3. The number of hydrogen-bond donors (Lipinski definition) is 2. The highest BCUT2D eigenvalue weighted by molar-refractivity contribution is 6.06. The Kier molecular flexibility index (Phi) is 3.51. The van der Waals surface area contributed by atoms with Crippen LogP contribution in [0.2, 0.25) is 0 Å². The van der Waals surface area contributed by atoms with Gasteiger partial charge in [-0.2, -0.15) is 0 Å². The molecule has 0 atom stereocenters. The maximum atomic E-state index is 12.3. The summed E-state index contributed by atoms with van der Waals surface area (Å²) < 4.78 is 0. The third kappa shape index (κ3) is 2.84.